The zero-order chi connectivity index (χ0) is 6.28. The Morgan fingerprint density at radius 1 is 1.71 bits per heavy atom. The molecular formula is C3H8O3P+. The van der Waals surface area contributed by atoms with Crippen molar-refractivity contribution >= 4 is 15.1 Å². The Morgan fingerprint density at radius 3 is 1.86 bits per heavy atom. The summed E-state index contributed by atoms with van der Waals surface area (Å²) in [5, 5.41) is 7.72. The van der Waals surface area contributed by atoms with Crippen molar-refractivity contribution in [2.75, 3.05) is 0 Å². The summed E-state index contributed by atoms with van der Waals surface area (Å²) < 4.78 is 8.17. The molecule has 0 bridgehead atoms. The van der Waals surface area contributed by atoms with Crippen molar-refractivity contribution in [1.29, 1.82) is 0 Å². The second-order valence-corrected chi connectivity index (χ2v) is 0.747. The number of carbonyl (C=O) groups is 1. The number of rotatable bonds is 1. The highest BCUT2D eigenvalue weighted by Gasteiger charge is 1.80. The van der Waals surface area contributed by atoms with Crippen molar-refractivity contribution < 1.29 is 14.5 Å². The maximum Gasteiger partial charge on any atom is 0.310 e. The van der Waals surface area contributed by atoms with E-state index in [4.69, 9.17) is 9.67 Å². The van der Waals surface area contributed by atoms with E-state index in [2.05, 4.69) is 0 Å². The molecule has 0 radical (unpaired) electrons. The summed E-state index contributed by atoms with van der Waals surface area (Å²) in [5.74, 6) is -0.745. The van der Waals surface area contributed by atoms with Gasteiger partial charge in [-0.3, -0.25) is 4.79 Å². The fraction of sp³-hybridized carbons (Fsp3) is 0.667. The predicted molar refractivity (Wildman–Crippen MR) is 28.3 cm³/mol. The van der Waals surface area contributed by atoms with Crippen LogP contribution in [0.3, 0.4) is 0 Å². The van der Waals surface area contributed by atoms with E-state index in [0.29, 0.717) is 0 Å². The van der Waals surface area contributed by atoms with Gasteiger partial charge in [0.15, 0.2) is 0 Å². The van der Waals surface area contributed by atoms with E-state index < -0.39 is 5.97 Å². The highest BCUT2D eigenvalue weighted by atomic mass is 31.0. The molecule has 0 saturated carbocycles. The first-order chi connectivity index (χ1) is 3.27. The lowest BCUT2D eigenvalue weighted by atomic mass is 10.5. The summed E-state index contributed by atoms with van der Waals surface area (Å²) in [6.07, 6.45) is 0.222. The minimum absolute atomic E-state index is 0.222. The highest BCUT2D eigenvalue weighted by molar-refractivity contribution is 7.00. The molecule has 1 N–H and O–H groups in total. The van der Waals surface area contributed by atoms with Gasteiger partial charge in [0.05, 0.1) is 0 Å². The van der Waals surface area contributed by atoms with E-state index in [-0.39, 0.29) is 6.42 Å². The van der Waals surface area contributed by atoms with Crippen molar-refractivity contribution in [2.45, 2.75) is 13.3 Å². The van der Waals surface area contributed by atoms with Crippen LogP contribution in [0.4, 0.5) is 0 Å². The fourth-order valence-electron chi connectivity index (χ4n) is 0. The third-order valence-corrected chi connectivity index (χ3v) is 0.302. The molecule has 0 aliphatic carbocycles. The van der Waals surface area contributed by atoms with Crippen molar-refractivity contribution in [1.82, 2.24) is 0 Å². The molecule has 3 nitrogen and oxygen atoms in total. The first-order valence-electron chi connectivity index (χ1n) is 1.72. The Kier molecular flexibility index (Phi) is 12.7. The molecule has 0 fully saturated rings. The van der Waals surface area contributed by atoms with E-state index in [1.54, 1.807) is 6.92 Å². The van der Waals surface area contributed by atoms with E-state index in [0.717, 1.165) is 0 Å². The van der Waals surface area contributed by atoms with Crippen molar-refractivity contribution in [2.24, 2.45) is 0 Å². The first kappa shape index (κ1) is 9.76. The van der Waals surface area contributed by atoms with Gasteiger partial charge in [0, 0.05) is 6.42 Å². The molecule has 1 atom stereocenters. The molecule has 0 amide bonds. The topological polar surface area (TPSA) is 54.4 Å². The normalized spacial score (nSPS) is 5.86. The van der Waals surface area contributed by atoms with Crippen LogP contribution in [0.1, 0.15) is 13.3 Å². The summed E-state index contributed by atoms with van der Waals surface area (Å²) in [6, 6.07) is 0. The van der Waals surface area contributed by atoms with Gasteiger partial charge in [0.25, 0.3) is 0 Å². The molecule has 1 unspecified atom stereocenters. The molecule has 0 aromatic carbocycles. The van der Waals surface area contributed by atoms with Crippen LogP contribution >= 0.6 is 9.12 Å². The van der Waals surface area contributed by atoms with Gasteiger partial charge in [-0.15, -0.1) is 0 Å². The third-order valence-electron chi connectivity index (χ3n) is 0.302. The van der Waals surface area contributed by atoms with Crippen LogP contribution in [0.25, 0.3) is 0 Å². The molecule has 0 spiro atoms. The summed E-state index contributed by atoms with van der Waals surface area (Å²) >= 11 is 0. The lowest BCUT2D eigenvalue weighted by molar-refractivity contribution is -0.136. The minimum Gasteiger partial charge on any atom is -0.481 e. The number of aliphatic carboxylic acids is 1. The second kappa shape index (κ2) is 9.13. The number of carboxylic acid groups (broad SMARTS) is 1. The van der Waals surface area contributed by atoms with Gasteiger partial charge >= 0.3 is 15.1 Å². The van der Waals surface area contributed by atoms with Gasteiger partial charge in [-0.05, 0) is 0 Å². The Hall–Kier alpha value is -0.430. The Labute approximate surface area is 44.0 Å². The average Bonchev–Trinajstić information content (AvgIpc) is 1.73. The van der Waals surface area contributed by atoms with Crippen LogP contribution < -0.4 is 0 Å². The maximum atomic E-state index is 9.37. The maximum absolute atomic E-state index is 9.37. The largest absolute Gasteiger partial charge is 0.481 e. The van der Waals surface area contributed by atoms with Crippen LogP contribution in [-0.2, 0) is 9.36 Å². The summed E-state index contributed by atoms with van der Waals surface area (Å²) in [4.78, 5) is 9.37. The molecule has 0 aromatic rings. The molecule has 0 aromatic heterocycles. The van der Waals surface area contributed by atoms with Crippen LogP contribution in [0, 0.1) is 0 Å². The SMILES string of the molecule is CCC(=O)O.O=[PH2+]. The van der Waals surface area contributed by atoms with Gasteiger partial charge in [-0.1, -0.05) is 11.5 Å². The Balaban J connectivity index is 0. The molecule has 4 heteroatoms. The summed E-state index contributed by atoms with van der Waals surface area (Å²) in [7, 11) is 1.17. The average molecular weight is 123 g/mol. The highest BCUT2D eigenvalue weighted by Crippen LogP contribution is 1.67. The van der Waals surface area contributed by atoms with Crippen LogP contribution in [0.2, 0.25) is 0 Å². The monoisotopic (exact) mass is 123 g/mol. The van der Waals surface area contributed by atoms with Crippen LogP contribution in [0.5, 0.6) is 0 Å². The van der Waals surface area contributed by atoms with Crippen molar-refractivity contribution in [3.8, 4) is 0 Å². The van der Waals surface area contributed by atoms with Crippen LogP contribution in [0.15, 0.2) is 0 Å². The number of hydrogen-bond acceptors (Lipinski definition) is 2. The molecule has 0 aliphatic rings. The third kappa shape index (κ3) is 28.8. The van der Waals surface area contributed by atoms with Gasteiger partial charge in [0.1, 0.15) is 0 Å². The standard InChI is InChI=1S/C3H6O2.H2OP/c1-2-3(4)5;1-2/h2H2,1H3,(H,4,5);2H2/q;+1. The van der Waals surface area contributed by atoms with Gasteiger partial charge in [-0.2, -0.15) is 0 Å². The van der Waals surface area contributed by atoms with Crippen molar-refractivity contribution in [3.63, 3.8) is 0 Å². The Morgan fingerprint density at radius 2 is 1.86 bits per heavy atom. The fourth-order valence-corrected chi connectivity index (χ4v) is 0. The molecular weight excluding hydrogens is 115 g/mol. The molecule has 0 rings (SSSR count). The van der Waals surface area contributed by atoms with Gasteiger partial charge in [-0.25, -0.2) is 0 Å². The van der Waals surface area contributed by atoms with E-state index in [1.807, 2.05) is 0 Å². The quantitative estimate of drug-likeness (QED) is 0.522. The molecule has 0 heterocycles. The number of carboxylic acids is 1. The predicted octanol–water partition coefficient (Wildman–Crippen LogP) is 0.688. The summed E-state index contributed by atoms with van der Waals surface area (Å²) in [5.41, 5.74) is 0. The molecule has 7 heavy (non-hydrogen) atoms. The van der Waals surface area contributed by atoms with Gasteiger partial charge in [0.2, 0.25) is 0 Å². The molecule has 42 valence electrons. The number of hydrogen-bond donors (Lipinski definition) is 1. The molecule has 0 aliphatic heterocycles. The van der Waals surface area contributed by atoms with Gasteiger partial charge < -0.3 is 5.11 Å². The smallest absolute Gasteiger partial charge is 0.310 e. The second-order valence-electron chi connectivity index (χ2n) is 0.747. The zero-order valence-electron chi connectivity index (χ0n) is 4.05. The summed E-state index contributed by atoms with van der Waals surface area (Å²) in [6.45, 7) is 1.60. The van der Waals surface area contributed by atoms with E-state index in [9.17, 15) is 4.79 Å². The molecule has 0 saturated heterocycles. The zero-order valence-corrected chi connectivity index (χ0v) is 5.20. The lowest BCUT2D eigenvalue weighted by Crippen LogP contribution is -1.86. The van der Waals surface area contributed by atoms with E-state index >= 15 is 0 Å². The Bertz CT molecular complexity index is 54.1. The van der Waals surface area contributed by atoms with Crippen molar-refractivity contribution in [3.05, 3.63) is 0 Å². The first-order valence-corrected chi connectivity index (χ1v) is 2.20. The lowest BCUT2D eigenvalue weighted by Gasteiger charge is -1.71. The van der Waals surface area contributed by atoms with E-state index in [1.165, 1.54) is 9.12 Å². The minimum atomic E-state index is -0.745. The van der Waals surface area contributed by atoms with Crippen LogP contribution in [-0.4, -0.2) is 11.1 Å².